The van der Waals surface area contributed by atoms with Crippen LogP contribution < -0.4 is 0 Å². The molecule has 0 amide bonds. The first-order chi connectivity index (χ1) is 12.4. The number of aromatic nitrogens is 4. The van der Waals surface area contributed by atoms with Crippen LogP contribution in [0.25, 0.3) is 5.82 Å². The van der Waals surface area contributed by atoms with Crippen molar-refractivity contribution in [2.75, 3.05) is 0 Å². The molecule has 26 heavy (non-hydrogen) atoms. The SMILES string of the molecule is Cc1cc([C@@H](C#N)C(=O)c2cc(C)n(-c3ccccn3)c2C)nc(C)n1. The first-order valence-corrected chi connectivity index (χ1v) is 8.28. The van der Waals surface area contributed by atoms with E-state index in [1.165, 1.54) is 0 Å². The zero-order valence-corrected chi connectivity index (χ0v) is 15.2. The predicted octanol–water partition coefficient (Wildman–Crippen LogP) is 3.39. The summed E-state index contributed by atoms with van der Waals surface area (Å²) in [6.45, 7) is 7.35. The second-order valence-corrected chi connectivity index (χ2v) is 6.22. The summed E-state index contributed by atoms with van der Waals surface area (Å²) in [6.07, 6.45) is 1.71. The molecule has 3 aromatic heterocycles. The van der Waals surface area contributed by atoms with Gasteiger partial charge < -0.3 is 4.57 Å². The lowest BCUT2D eigenvalue weighted by Gasteiger charge is -2.11. The monoisotopic (exact) mass is 345 g/mol. The van der Waals surface area contributed by atoms with Crippen LogP contribution in [0.15, 0.2) is 36.5 Å². The summed E-state index contributed by atoms with van der Waals surface area (Å²) in [6, 6.07) is 11.2. The van der Waals surface area contributed by atoms with Crippen LogP contribution in [0.4, 0.5) is 0 Å². The molecular weight excluding hydrogens is 326 g/mol. The van der Waals surface area contributed by atoms with Crippen LogP contribution in [0.1, 0.15) is 44.9 Å². The fourth-order valence-corrected chi connectivity index (χ4v) is 3.16. The van der Waals surface area contributed by atoms with E-state index in [1.807, 2.05) is 43.5 Å². The molecule has 1 atom stereocenters. The van der Waals surface area contributed by atoms with E-state index in [2.05, 4.69) is 21.0 Å². The van der Waals surface area contributed by atoms with E-state index in [-0.39, 0.29) is 5.78 Å². The molecule has 6 nitrogen and oxygen atoms in total. The smallest absolute Gasteiger partial charge is 0.187 e. The molecule has 3 heterocycles. The molecule has 0 fully saturated rings. The highest BCUT2D eigenvalue weighted by atomic mass is 16.1. The van der Waals surface area contributed by atoms with Gasteiger partial charge in [-0.1, -0.05) is 6.07 Å². The van der Waals surface area contributed by atoms with E-state index in [4.69, 9.17) is 0 Å². The van der Waals surface area contributed by atoms with Gasteiger partial charge in [0.05, 0.1) is 11.8 Å². The number of carbonyl (C=O) groups excluding carboxylic acids is 1. The van der Waals surface area contributed by atoms with Crippen molar-refractivity contribution < 1.29 is 4.79 Å². The number of hydrogen-bond donors (Lipinski definition) is 0. The third-order valence-electron chi connectivity index (χ3n) is 4.25. The zero-order valence-electron chi connectivity index (χ0n) is 15.2. The third kappa shape index (κ3) is 3.11. The van der Waals surface area contributed by atoms with Gasteiger partial charge in [-0.15, -0.1) is 0 Å². The van der Waals surface area contributed by atoms with E-state index in [9.17, 15) is 10.1 Å². The molecule has 0 N–H and O–H groups in total. The Morgan fingerprint density at radius 2 is 1.92 bits per heavy atom. The van der Waals surface area contributed by atoms with E-state index in [1.54, 1.807) is 25.3 Å². The number of nitrogens with zero attached hydrogens (tertiary/aromatic N) is 5. The maximum atomic E-state index is 13.1. The molecule has 0 aromatic carbocycles. The molecular formula is C20H19N5O. The van der Waals surface area contributed by atoms with Crippen molar-refractivity contribution in [3.8, 4) is 11.9 Å². The van der Waals surface area contributed by atoms with Crippen LogP contribution in [0.3, 0.4) is 0 Å². The number of rotatable bonds is 4. The third-order valence-corrected chi connectivity index (χ3v) is 4.25. The van der Waals surface area contributed by atoms with Gasteiger partial charge in [0.1, 0.15) is 11.6 Å². The molecule has 0 unspecified atom stereocenters. The zero-order chi connectivity index (χ0) is 18.8. The maximum Gasteiger partial charge on any atom is 0.187 e. The van der Waals surface area contributed by atoms with Crippen LogP contribution in [-0.2, 0) is 0 Å². The Bertz CT molecular complexity index is 994. The molecule has 3 aromatic rings. The molecule has 0 aliphatic rings. The Balaban J connectivity index is 2.06. The minimum absolute atomic E-state index is 0.264. The lowest BCUT2D eigenvalue weighted by molar-refractivity contribution is 0.0977. The van der Waals surface area contributed by atoms with E-state index in [0.29, 0.717) is 17.1 Å². The Morgan fingerprint density at radius 1 is 1.15 bits per heavy atom. The fraction of sp³-hybridized carbons (Fsp3) is 0.250. The molecule has 6 heteroatoms. The summed E-state index contributed by atoms with van der Waals surface area (Å²) in [5, 5.41) is 9.63. The molecule has 0 spiro atoms. The highest BCUT2D eigenvalue weighted by Gasteiger charge is 2.27. The lowest BCUT2D eigenvalue weighted by atomic mass is 9.95. The van der Waals surface area contributed by atoms with Crippen LogP contribution in [-0.4, -0.2) is 25.3 Å². The predicted molar refractivity (Wildman–Crippen MR) is 97.2 cm³/mol. The molecule has 0 radical (unpaired) electrons. The van der Waals surface area contributed by atoms with Crippen molar-refractivity contribution in [2.24, 2.45) is 0 Å². The summed E-state index contributed by atoms with van der Waals surface area (Å²) in [5.74, 6) is 0.0594. The molecule has 3 rings (SSSR count). The van der Waals surface area contributed by atoms with Crippen LogP contribution in [0.5, 0.6) is 0 Å². The quantitative estimate of drug-likeness (QED) is 0.677. The van der Waals surface area contributed by atoms with Gasteiger partial charge in [0, 0.05) is 28.8 Å². The van der Waals surface area contributed by atoms with Crippen molar-refractivity contribution in [2.45, 2.75) is 33.6 Å². The summed E-state index contributed by atoms with van der Waals surface area (Å²) >= 11 is 0. The molecule has 0 aliphatic carbocycles. The van der Waals surface area contributed by atoms with Gasteiger partial charge in [0.25, 0.3) is 0 Å². The van der Waals surface area contributed by atoms with Crippen LogP contribution >= 0.6 is 0 Å². The van der Waals surface area contributed by atoms with E-state index in [0.717, 1.165) is 22.9 Å². The Kier molecular flexibility index (Phi) is 4.63. The summed E-state index contributed by atoms with van der Waals surface area (Å²) in [7, 11) is 0. The Hall–Kier alpha value is -3.33. The van der Waals surface area contributed by atoms with E-state index >= 15 is 0 Å². The van der Waals surface area contributed by atoms with Crippen molar-refractivity contribution >= 4 is 5.78 Å². The van der Waals surface area contributed by atoms with Gasteiger partial charge >= 0.3 is 0 Å². The number of Topliss-reactive ketones (excluding diaryl/α,β-unsaturated/α-hetero) is 1. The minimum atomic E-state index is -0.965. The highest BCUT2D eigenvalue weighted by molar-refractivity contribution is 6.03. The van der Waals surface area contributed by atoms with E-state index < -0.39 is 5.92 Å². The highest BCUT2D eigenvalue weighted by Crippen LogP contribution is 2.26. The summed E-state index contributed by atoms with van der Waals surface area (Å²) < 4.78 is 1.91. The topological polar surface area (TPSA) is 84.5 Å². The van der Waals surface area contributed by atoms with Crippen LogP contribution in [0, 0.1) is 39.0 Å². The van der Waals surface area contributed by atoms with Crippen molar-refractivity contribution in [1.82, 2.24) is 19.5 Å². The average molecular weight is 345 g/mol. The first kappa shape index (κ1) is 17.5. The molecule has 0 aliphatic heterocycles. The number of hydrogen-bond acceptors (Lipinski definition) is 5. The largest absolute Gasteiger partial charge is 0.302 e. The Labute approximate surface area is 152 Å². The summed E-state index contributed by atoms with van der Waals surface area (Å²) in [4.78, 5) is 26.0. The fourth-order valence-electron chi connectivity index (χ4n) is 3.16. The standard InChI is InChI=1S/C20H19N5O/c1-12-9-18(24-15(4)23-12)17(11-21)20(26)16-10-13(2)25(14(16)3)19-7-5-6-8-22-19/h5-10,17H,1-4H3/t17-/m1/s1. The van der Waals surface area contributed by atoms with Crippen molar-refractivity contribution in [1.29, 1.82) is 5.26 Å². The van der Waals surface area contributed by atoms with Gasteiger partial charge in [-0.05, 0) is 52.0 Å². The number of carbonyl (C=O) groups is 1. The van der Waals surface area contributed by atoms with Gasteiger partial charge in [-0.3, -0.25) is 4.79 Å². The second kappa shape index (κ2) is 6.89. The number of ketones is 1. The van der Waals surface area contributed by atoms with Crippen LogP contribution in [0.2, 0.25) is 0 Å². The first-order valence-electron chi connectivity index (χ1n) is 8.28. The summed E-state index contributed by atoms with van der Waals surface area (Å²) in [5.41, 5.74) is 3.32. The molecule has 0 saturated heterocycles. The molecule has 0 saturated carbocycles. The maximum absolute atomic E-state index is 13.1. The van der Waals surface area contributed by atoms with Crippen molar-refractivity contribution in [3.05, 3.63) is 70.7 Å². The molecule has 0 bridgehead atoms. The molecule has 130 valence electrons. The van der Waals surface area contributed by atoms with Crippen molar-refractivity contribution in [3.63, 3.8) is 0 Å². The average Bonchev–Trinajstić information content (AvgIpc) is 2.90. The number of pyridine rings is 1. The van der Waals surface area contributed by atoms with Gasteiger partial charge in [-0.2, -0.15) is 5.26 Å². The number of nitriles is 1. The van der Waals surface area contributed by atoms with Gasteiger partial charge in [0.15, 0.2) is 11.7 Å². The van der Waals surface area contributed by atoms with Gasteiger partial charge in [-0.25, -0.2) is 15.0 Å². The normalized spacial score (nSPS) is 11.8. The minimum Gasteiger partial charge on any atom is -0.302 e. The Morgan fingerprint density at radius 3 is 2.54 bits per heavy atom. The second-order valence-electron chi connectivity index (χ2n) is 6.22. The number of aryl methyl sites for hydroxylation is 3. The lowest BCUT2D eigenvalue weighted by Crippen LogP contribution is -2.15. The van der Waals surface area contributed by atoms with Gasteiger partial charge in [0.2, 0.25) is 0 Å².